The van der Waals surface area contributed by atoms with Crippen molar-refractivity contribution in [3.8, 4) is 0 Å². The van der Waals surface area contributed by atoms with Crippen LogP contribution in [0.15, 0.2) is 30.5 Å². The molecule has 1 aromatic carbocycles. The average Bonchev–Trinajstić information content (AvgIpc) is 2.80. The van der Waals surface area contributed by atoms with Gasteiger partial charge < -0.3 is 14.6 Å². The number of likely N-dealkylation sites (N-methyl/N-ethyl adjacent to an activating group) is 1. The Balaban J connectivity index is 2.40. The van der Waals surface area contributed by atoms with Crippen molar-refractivity contribution in [1.29, 1.82) is 0 Å². The van der Waals surface area contributed by atoms with E-state index in [-0.39, 0.29) is 12.5 Å². The van der Waals surface area contributed by atoms with Crippen molar-refractivity contribution in [2.75, 3.05) is 20.2 Å². The molecular formula is C15H20N2O2. The third kappa shape index (κ3) is 2.63. The fraction of sp³-hybridized carbons (Fsp3) is 0.400. The molecule has 0 bridgehead atoms. The predicted octanol–water partition coefficient (Wildman–Crippen LogP) is 2.29. The smallest absolute Gasteiger partial charge is 0.253 e. The van der Waals surface area contributed by atoms with Gasteiger partial charge in [0.25, 0.3) is 5.91 Å². The molecule has 1 heterocycles. The number of aromatic nitrogens is 1. The number of hydrogen-bond donors (Lipinski definition) is 1. The van der Waals surface area contributed by atoms with Crippen molar-refractivity contribution in [3.05, 3.63) is 36.0 Å². The number of benzene rings is 1. The van der Waals surface area contributed by atoms with Gasteiger partial charge in [-0.1, -0.05) is 6.07 Å². The summed E-state index contributed by atoms with van der Waals surface area (Å²) in [5.74, 6) is -0.0625. The zero-order valence-electron chi connectivity index (χ0n) is 11.6. The Morgan fingerprint density at radius 1 is 1.37 bits per heavy atom. The summed E-state index contributed by atoms with van der Waals surface area (Å²) in [4.78, 5) is 13.7. The Morgan fingerprint density at radius 2 is 2.11 bits per heavy atom. The monoisotopic (exact) mass is 260 g/mol. The Hall–Kier alpha value is -1.81. The number of aliphatic hydroxyl groups excluding tert-OH is 1. The van der Waals surface area contributed by atoms with E-state index < -0.39 is 0 Å². The van der Waals surface area contributed by atoms with Gasteiger partial charge in [-0.15, -0.1) is 0 Å². The molecule has 102 valence electrons. The molecule has 0 unspecified atom stereocenters. The first-order chi connectivity index (χ1) is 9.04. The minimum Gasteiger partial charge on any atom is -0.395 e. The van der Waals surface area contributed by atoms with Crippen LogP contribution in [-0.2, 0) is 0 Å². The highest BCUT2D eigenvalue weighted by Gasteiger charge is 2.13. The van der Waals surface area contributed by atoms with Crippen molar-refractivity contribution in [2.45, 2.75) is 19.9 Å². The first-order valence-electron chi connectivity index (χ1n) is 6.51. The van der Waals surface area contributed by atoms with Crippen LogP contribution in [0.25, 0.3) is 10.9 Å². The molecule has 0 aliphatic heterocycles. The molecule has 4 nitrogen and oxygen atoms in total. The molecule has 1 amide bonds. The SMILES string of the molecule is CC(C)n1ccc2ccc(C(=O)N(C)CCO)cc21. The number of carbonyl (C=O) groups is 1. The molecule has 0 aliphatic carbocycles. The van der Waals surface area contributed by atoms with Crippen LogP contribution >= 0.6 is 0 Å². The first kappa shape index (κ1) is 13.6. The lowest BCUT2D eigenvalue weighted by molar-refractivity contribution is 0.0767. The van der Waals surface area contributed by atoms with Gasteiger partial charge in [-0.3, -0.25) is 4.79 Å². The maximum Gasteiger partial charge on any atom is 0.253 e. The van der Waals surface area contributed by atoms with Crippen molar-refractivity contribution in [3.63, 3.8) is 0 Å². The molecule has 0 saturated carbocycles. The Bertz CT molecular complexity index is 587. The second kappa shape index (κ2) is 5.45. The number of fused-ring (bicyclic) bond motifs is 1. The van der Waals surface area contributed by atoms with E-state index in [1.54, 1.807) is 7.05 Å². The number of amides is 1. The van der Waals surface area contributed by atoms with E-state index in [1.165, 1.54) is 4.90 Å². The van der Waals surface area contributed by atoms with Gasteiger partial charge >= 0.3 is 0 Å². The summed E-state index contributed by atoms with van der Waals surface area (Å²) >= 11 is 0. The predicted molar refractivity (Wildman–Crippen MR) is 76.4 cm³/mol. The highest BCUT2D eigenvalue weighted by molar-refractivity contribution is 5.98. The topological polar surface area (TPSA) is 45.5 Å². The number of aliphatic hydroxyl groups is 1. The van der Waals surface area contributed by atoms with Crippen molar-refractivity contribution in [2.24, 2.45) is 0 Å². The fourth-order valence-corrected chi connectivity index (χ4v) is 2.20. The fourth-order valence-electron chi connectivity index (χ4n) is 2.20. The third-order valence-electron chi connectivity index (χ3n) is 3.31. The molecule has 2 rings (SSSR count). The second-order valence-electron chi connectivity index (χ2n) is 5.04. The van der Waals surface area contributed by atoms with Gasteiger partial charge in [0.2, 0.25) is 0 Å². The molecule has 0 saturated heterocycles. The van der Waals surface area contributed by atoms with Gasteiger partial charge in [-0.05, 0) is 37.4 Å². The lowest BCUT2D eigenvalue weighted by atomic mass is 10.1. The standard InChI is InChI=1S/C15H20N2O2/c1-11(2)17-7-6-12-4-5-13(10-14(12)17)15(19)16(3)8-9-18/h4-7,10-11,18H,8-9H2,1-3H3. The Labute approximate surface area is 113 Å². The molecular weight excluding hydrogens is 240 g/mol. The molecule has 19 heavy (non-hydrogen) atoms. The number of carbonyl (C=O) groups excluding carboxylic acids is 1. The van der Waals surface area contributed by atoms with Crippen molar-refractivity contribution >= 4 is 16.8 Å². The Morgan fingerprint density at radius 3 is 2.74 bits per heavy atom. The molecule has 1 aromatic heterocycles. The number of nitrogens with zero attached hydrogens (tertiary/aromatic N) is 2. The van der Waals surface area contributed by atoms with Crippen LogP contribution in [0, 0.1) is 0 Å². The molecule has 4 heteroatoms. The number of hydrogen-bond acceptors (Lipinski definition) is 2. The largest absolute Gasteiger partial charge is 0.395 e. The van der Waals surface area contributed by atoms with Crippen LogP contribution < -0.4 is 0 Å². The maximum absolute atomic E-state index is 12.2. The molecule has 0 fully saturated rings. The number of rotatable bonds is 4. The van der Waals surface area contributed by atoms with Crippen LogP contribution in [0.2, 0.25) is 0 Å². The van der Waals surface area contributed by atoms with Crippen LogP contribution in [0.1, 0.15) is 30.2 Å². The summed E-state index contributed by atoms with van der Waals surface area (Å²) in [7, 11) is 1.70. The normalized spacial score (nSPS) is 11.2. The van der Waals surface area contributed by atoms with Crippen molar-refractivity contribution < 1.29 is 9.90 Å². The summed E-state index contributed by atoms with van der Waals surface area (Å²) in [5, 5.41) is 10.0. The molecule has 0 aliphatic rings. The van der Waals surface area contributed by atoms with Crippen LogP contribution in [0.3, 0.4) is 0 Å². The lowest BCUT2D eigenvalue weighted by Crippen LogP contribution is -2.29. The quantitative estimate of drug-likeness (QED) is 0.916. The van der Waals surface area contributed by atoms with Gasteiger partial charge in [-0.2, -0.15) is 0 Å². The van der Waals surface area contributed by atoms with Gasteiger partial charge in [0, 0.05) is 36.9 Å². The van der Waals surface area contributed by atoms with Crippen molar-refractivity contribution in [1.82, 2.24) is 9.47 Å². The maximum atomic E-state index is 12.2. The summed E-state index contributed by atoms with van der Waals surface area (Å²) in [6.45, 7) is 4.56. The first-order valence-corrected chi connectivity index (χ1v) is 6.51. The van der Waals surface area contributed by atoms with Gasteiger partial charge in [-0.25, -0.2) is 0 Å². The zero-order valence-corrected chi connectivity index (χ0v) is 11.6. The molecule has 2 aromatic rings. The van der Waals surface area contributed by atoms with E-state index in [1.807, 2.05) is 24.4 Å². The lowest BCUT2D eigenvalue weighted by Gasteiger charge is -2.16. The average molecular weight is 260 g/mol. The molecule has 0 spiro atoms. The van der Waals surface area contributed by atoms with Crippen LogP contribution in [0.5, 0.6) is 0 Å². The van der Waals surface area contributed by atoms with E-state index >= 15 is 0 Å². The zero-order chi connectivity index (χ0) is 14.0. The van der Waals surface area contributed by atoms with Gasteiger partial charge in [0.1, 0.15) is 0 Å². The Kier molecular flexibility index (Phi) is 3.90. The summed E-state index contributed by atoms with van der Waals surface area (Å²) in [6, 6.07) is 8.14. The van der Waals surface area contributed by atoms with Gasteiger partial charge in [0.05, 0.1) is 6.61 Å². The van der Waals surface area contributed by atoms with E-state index in [0.29, 0.717) is 18.2 Å². The van der Waals surface area contributed by atoms with E-state index in [4.69, 9.17) is 5.11 Å². The van der Waals surface area contributed by atoms with Crippen LogP contribution in [0.4, 0.5) is 0 Å². The highest BCUT2D eigenvalue weighted by Crippen LogP contribution is 2.21. The third-order valence-corrected chi connectivity index (χ3v) is 3.31. The van der Waals surface area contributed by atoms with Crippen LogP contribution in [-0.4, -0.2) is 40.7 Å². The molecule has 0 atom stereocenters. The molecule has 0 radical (unpaired) electrons. The minimum atomic E-state index is -0.0625. The van der Waals surface area contributed by atoms with E-state index in [0.717, 1.165) is 10.9 Å². The summed E-state index contributed by atoms with van der Waals surface area (Å²) in [6.07, 6.45) is 2.04. The minimum absolute atomic E-state index is 0.0210. The summed E-state index contributed by atoms with van der Waals surface area (Å²) < 4.78 is 2.15. The van der Waals surface area contributed by atoms with E-state index in [9.17, 15) is 4.79 Å². The highest BCUT2D eigenvalue weighted by atomic mass is 16.3. The second-order valence-corrected chi connectivity index (χ2v) is 5.04. The van der Waals surface area contributed by atoms with E-state index in [2.05, 4.69) is 24.5 Å². The molecule has 1 N–H and O–H groups in total. The summed E-state index contributed by atoms with van der Waals surface area (Å²) in [5.41, 5.74) is 1.72. The van der Waals surface area contributed by atoms with Gasteiger partial charge in [0.15, 0.2) is 0 Å².